The first-order chi connectivity index (χ1) is 8.76. The van der Waals surface area contributed by atoms with Crippen molar-refractivity contribution in [2.24, 2.45) is 11.8 Å². The number of hydrogen-bond acceptors (Lipinski definition) is 1. The lowest BCUT2D eigenvalue weighted by molar-refractivity contribution is 0.327. The number of aryl methyl sites for hydroxylation is 1. The molecular weight excluding hydrogens is 218 g/mol. The summed E-state index contributed by atoms with van der Waals surface area (Å²) < 4.78 is 0. The monoisotopic (exact) mass is 243 g/mol. The van der Waals surface area contributed by atoms with Gasteiger partial charge in [0.05, 0.1) is 0 Å². The second-order valence-corrected chi connectivity index (χ2v) is 6.26. The molecule has 2 aliphatic carbocycles. The van der Waals surface area contributed by atoms with E-state index in [0.717, 1.165) is 24.3 Å². The molecule has 1 heteroatoms. The summed E-state index contributed by atoms with van der Waals surface area (Å²) in [7, 11) is 0. The van der Waals surface area contributed by atoms with Gasteiger partial charge in [-0.1, -0.05) is 37.6 Å². The molecular formula is C17H25N. The van der Waals surface area contributed by atoms with E-state index in [1.807, 2.05) is 0 Å². The van der Waals surface area contributed by atoms with Gasteiger partial charge in [-0.25, -0.2) is 0 Å². The van der Waals surface area contributed by atoms with Crippen LogP contribution in [0.3, 0.4) is 0 Å². The van der Waals surface area contributed by atoms with Crippen molar-refractivity contribution in [3.05, 3.63) is 35.4 Å². The third-order valence-corrected chi connectivity index (χ3v) is 5.09. The molecule has 4 unspecified atom stereocenters. The van der Waals surface area contributed by atoms with Crippen molar-refractivity contribution in [2.75, 3.05) is 0 Å². The first-order valence-corrected chi connectivity index (χ1v) is 7.61. The van der Waals surface area contributed by atoms with Gasteiger partial charge in [-0.2, -0.15) is 0 Å². The topological polar surface area (TPSA) is 12.0 Å². The molecule has 0 radical (unpaired) electrons. The average Bonchev–Trinajstić information content (AvgIpc) is 3.01. The second kappa shape index (κ2) is 5.05. The van der Waals surface area contributed by atoms with Crippen LogP contribution in [0.5, 0.6) is 0 Å². The van der Waals surface area contributed by atoms with Gasteiger partial charge < -0.3 is 5.32 Å². The molecule has 0 aliphatic heterocycles. The Balaban J connectivity index is 1.62. The standard InChI is InChI=1S/C17H25N/c1-3-13-4-7-15(8-5-13)12(2)18-17-11-14-6-9-16(17)10-14/h4-5,7-8,12,14,16-18H,3,6,9-11H2,1-2H3. The van der Waals surface area contributed by atoms with Crippen LogP contribution >= 0.6 is 0 Å². The lowest BCUT2D eigenvalue weighted by atomic mass is 9.94. The first-order valence-electron chi connectivity index (χ1n) is 7.61. The lowest BCUT2D eigenvalue weighted by Gasteiger charge is -2.27. The number of rotatable bonds is 4. The van der Waals surface area contributed by atoms with Crippen LogP contribution in [0.25, 0.3) is 0 Å². The summed E-state index contributed by atoms with van der Waals surface area (Å²) in [5, 5.41) is 3.86. The maximum Gasteiger partial charge on any atom is 0.0294 e. The molecule has 1 aromatic rings. The fraction of sp³-hybridized carbons (Fsp3) is 0.647. The van der Waals surface area contributed by atoms with Crippen LogP contribution in [0.1, 0.15) is 56.7 Å². The average molecular weight is 243 g/mol. The molecule has 2 fully saturated rings. The smallest absolute Gasteiger partial charge is 0.0294 e. The van der Waals surface area contributed by atoms with Gasteiger partial charge in [0.1, 0.15) is 0 Å². The molecule has 0 saturated heterocycles. The van der Waals surface area contributed by atoms with Crippen LogP contribution in [0.2, 0.25) is 0 Å². The molecule has 2 bridgehead atoms. The van der Waals surface area contributed by atoms with Gasteiger partial charge in [0, 0.05) is 12.1 Å². The van der Waals surface area contributed by atoms with Crippen LogP contribution < -0.4 is 5.32 Å². The van der Waals surface area contributed by atoms with E-state index in [2.05, 4.69) is 43.4 Å². The number of hydrogen-bond donors (Lipinski definition) is 1. The maximum atomic E-state index is 3.86. The highest BCUT2D eigenvalue weighted by Gasteiger charge is 2.39. The molecule has 3 rings (SSSR count). The van der Waals surface area contributed by atoms with Crippen LogP contribution in [0.15, 0.2) is 24.3 Å². The Morgan fingerprint density at radius 1 is 1.17 bits per heavy atom. The van der Waals surface area contributed by atoms with E-state index in [4.69, 9.17) is 0 Å². The molecule has 98 valence electrons. The molecule has 1 nitrogen and oxygen atoms in total. The number of nitrogens with one attached hydrogen (secondary N) is 1. The zero-order valence-corrected chi connectivity index (χ0v) is 11.7. The summed E-state index contributed by atoms with van der Waals surface area (Å²) in [6, 6.07) is 10.4. The van der Waals surface area contributed by atoms with Gasteiger partial charge in [0.25, 0.3) is 0 Å². The minimum Gasteiger partial charge on any atom is -0.307 e. The van der Waals surface area contributed by atoms with E-state index in [0.29, 0.717) is 6.04 Å². The molecule has 2 aliphatic rings. The van der Waals surface area contributed by atoms with Crippen molar-refractivity contribution in [3.63, 3.8) is 0 Å². The van der Waals surface area contributed by atoms with Crippen molar-refractivity contribution in [3.8, 4) is 0 Å². The summed E-state index contributed by atoms with van der Waals surface area (Å²) in [6.07, 6.45) is 6.99. The van der Waals surface area contributed by atoms with Crippen LogP contribution in [-0.4, -0.2) is 6.04 Å². The summed E-state index contributed by atoms with van der Waals surface area (Å²) >= 11 is 0. The highest BCUT2D eigenvalue weighted by atomic mass is 15.0. The van der Waals surface area contributed by atoms with Crippen LogP contribution in [-0.2, 0) is 6.42 Å². The molecule has 0 heterocycles. The van der Waals surface area contributed by atoms with Gasteiger partial charge in [0.2, 0.25) is 0 Å². The van der Waals surface area contributed by atoms with Crippen molar-refractivity contribution in [2.45, 2.75) is 58.0 Å². The largest absolute Gasteiger partial charge is 0.307 e. The third-order valence-electron chi connectivity index (χ3n) is 5.09. The minimum absolute atomic E-state index is 0.500. The molecule has 18 heavy (non-hydrogen) atoms. The summed E-state index contributed by atoms with van der Waals surface area (Å²) in [6.45, 7) is 4.53. The van der Waals surface area contributed by atoms with Crippen molar-refractivity contribution < 1.29 is 0 Å². The van der Waals surface area contributed by atoms with Gasteiger partial charge in [0.15, 0.2) is 0 Å². The predicted molar refractivity (Wildman–Crippen MR) is 76.6 cm³/mol. The zero-order chi connectivity index (χ0) is 12.5. The summed E-state index contributed by atoms with van der Waals surface area (Å²) in [4.78, 5) is 0. The second-order valence-electron chi connectivity index (χ2n) is 6.26. The minimum atomic E-state index is 0.500. The Hall–Kier alpha value is -0.820. The highest BCUT2D eigenvalue weighted by molar-refractivity contribution is 5.24. The van der Waals surface area contributed by atoms with E-state index < -0.39 is 0 Å². The molecule has 0 aromatic heterocycles. The molecule has 0 spiro atoms. The van der Waals surface area contributed by atoms with E-state index in [-0.39, 0.29) is 0 Å². The Morgan fingerprint density at radius 3 is 2.50 bits per heavy atom. The Labute approximate surface area is 111 Å². The Morgan fingerprint density at radius 2 is 1.94 bits per heavy atom. The first kappa shape index (κ1) is 12.2. The normalized spacial score (nSPS) is 31.8. The van der Waals surface area contributed by atoms with Crippen LogP contribution in [0, 0.1) is 11.8 Å². The number of fused-ring (bicyclic) bond motifs is 2. The Bertz CT molecular complexity index is 395. The van der Waals surface area contributed by atoms with Gasteiger partial charge in [-0.05, 0) is 55.6 Å². The summed E-state index contributed by atoms with van der Waals surface area (Å²) in [5.41, 5.74) is 2.88. The molecule has 2 saturated carbocycles. The van der Waals surface area contributed by atoms with E-state index >= 15 is 0 Å². The van der Waals surface area contributed by atoms with Gasteiger partial charge in [-0.3, -0.25) is 0 Å². The quantitative estimate of drug-likeness (QED) is 0.840. The van der Waals surface area contributed by atoms with Crippen molar-refractivity contribution in [1.29, 1.82) is 0 Å². The zero-order valence-electron chi connectivity index (χ0n) is 11.7. The fourth-order valence-electron chi connectivity index (χ4n) is 3.91. The van der Waals surface area contributed by atoms with E-state index in [1.165, 1.54) is 36.8 Å². The SMILES string of the molecule is CCc1ccc(C(C)NC2CC3CCC2C3)cc1. The van der Waals surface area contributed by atoms with E-state index in [1.54, 1.807) is 0 Å². The number of benzene rings is 1. The Kier molecular flexibility index (Phi) is 3.43. The molecule has 1 N–H and O–H groups in total. The molecule has 1 aromatic carbocycles. The maximum absolute atomic E-state index is 3.86. The highest BCUT2D eigenvalue weighted by Crippen LogP contribution is 2.45. The van der Waals surface area contributed by atoms with Crippen LogP contribution in [0.4, 0.5) is 0 Å². The van der Waals surface area contributed by atoms with Gasteiger partial charge >= 0.3 is 0 Å². The summed E-state index contributed by atoms with van der Waals surface area (Å²) in [5.74, 6) is 1.99. The molecule has 0 amide bonds. The fourth-order valence-corrected chi connectivity index (χ4v) is 3.91. The van der Waals surface area contributed by atoms with Crippen molar-refractivity contribution >= 4 is 0 Å². The van der Waals surface area contributed by atoms with E-state index in [9.17, 15) is 0 Å². The molecule has 4 atom stereocenters. The predicted octanol–water partition coefficient (Wildman–Crippen LogP) is 4.09. The van der Waals surface area contributed by atoms with Crippen molar-refractivity contribution in [1.82, 2.24) is 5.32 Å². The third kappa shape index (κ3) is 2.33. The lowest BCUT2D eigenvalue weighted by Crippen LogP contribution is -2.35. The van der Waals surface area contributed by atoms with Gasteiger partial charge in [-0.15, -0.1) is 0 Å².